The van der Waals surface area contributed by atoms with Crippen LogP contribution in [0.25, 0.3) is 16.5 Å². The van der Waals surface area contributed by atoms with Gasteiger partial charge in [0.05, 0.1) is 24.6 Å². The maximum Gasteiger partial charge on any atom is 0.262 e. The van der Waals surface area contributed by atoms with Gasteiger partial charge in [-0.2, -0.15) is 0 Å². The summed E-state index contributed by atoms with van der Waals surface area (Å²) < 4.78 is 16.9. The van der Waals surface area contributed by atoms with Crippen LogP contribution >= 0.6 is 11.6 Å². The third-order valence-electron chi connectivity index (χ3n) is 14.8. The summed E-state index contributed by atoms with van der Waals surface area (Å²) in [5.41, 5.74) is 13.0. The number of aromatic nitrogens is 1. The van der Waals surface area contributed by atoms with Crippen LogP contribution in [0.3, 0.4) is 0 Å². The molecule has 0 spiro atoms. The minimum Gasteiger partial charge on any atom is -0.497 e. The quantitative estimate of drug-likeness (QED) is 0.0744. The molecule has 68 heavy (non-hydrogen) atoms. The molecule has 0 radical (unpaired) electrons. The molecule has 0 saturated heterocycles. The number of methoxy groups -OCH3 is 1. The first-order chi connectivity index (χ1) is 33.2. The van der Waals surface area contributed by atoms with Gasteiger partial charge in [-0.05, 0) is 142 Å². The van der Waals surface area contributed by atoms with Crippen molar-refractivity contribution < 1.29 is 28.7 Å². The molecule has 11 rings (SSSR count). The van der Waals surface area contributed by atoms with Crippen molar-refractivity contribution in [3.8, 4) is 17.2 Å². The Balaban J connectivity index is 0.800. The van der Waals surface area contributed by atoms with E-state index < -0.39 is 0 Å². The summed E-state index contributed by atoms with van der Waals surface area (Å²) in [7, 11) is 1.59. The van der Waals surface area contributed by atoms with Crippen molar-refractivity contribution in [1.82, 2.24) is 19.8 Å². The second-order valence-electron chi connectivity index (χ2n) is 18.8. The van der Waals surface area contributed by atoms with Crippen molar-refractivity contribution in [3.05, 3.63) is 150 Å². The van der Waals surface area contributed by atoms with Crippen LogP contribution < -0.4 is 40.2 Å². The second kappa shape index (κ2) is 18.1. The standard InChI is InChI=1S/C56H54ClN5O6/c1-33-44(45-30-40(67-2)18-20-48(45)62(33)56(66)34-13-16-39(57)17-14-34)31-49(64)58-21-3-4-22-59-55(65)37-15-19-41(38(27-37)32-63)50-46-28-35-9-5-23-60-25-7-11-42(51(35)60)53(46)68-54-43-12-8-26-61-24-6-10-36(52(43)61)29-47(50)54/h13-20,27-30,32H,3-12,21-26,31H2,1-2H3,(H-,58,59,64,65)/p+1. The van der Waals surface area contributed by atoms with E-state index in [4.69, 9.17) is 21.1 Å². The van der Waals surface area contributed by atoms with Gasteiger partial charge < -0.3 is 25.0 Å². The summed E-state index contributed by atoms with van der Waals surface area (Å²) in [6.07, 6.45) is 10.6. The Hall–Kier alpha value is -6.72. The van der Waals surface area contributed by atoms with Crippen molar-refractivity contribution in [2.24, 2.45) is 0 Å². The van der Waals surface area contributed by atoms with Crippen LogP contribution in [0.5, 0.6) is 17.2 Å². The highest BCUT2D eigenvalue weighted by molar-refractivity contribution is 6.30. The minimum atomic E-state index is -0.255. The number of rotatable bonds is 12. The second-order valence-corrected chi connectivity index (χ2v) is 19.3. The first-order valence-electron chi connectivity index (χ1n) is 24.3. The molecule has 0 saturated carbocycles. The number of ether oxygens (including phenoxy) is 2. The lowest BCUT2D eigenvalue weighted by atomic mass is 9.81. The third-order valence-corrected chi connectivity index (χ3v) is 15.0. The number of amides is 2. The number of carbonyl (C=O) groups is 4. The molecule has 0 fully saturated rings. The number of benzene rings is 5. The number of aldehydes is 1. The Morgan fingerprint density at radius 3 is 2.32 bits per heavy atom. The molecule has 11 nitrogen and oxygen atoms in total. The van der Waals surface area contributed by atoms with E-state index in [1.807, 2.05) is 31.2 Å². The monoisotopic (exact) mass is 928 g/mol. The molecule has 0 bridgehead atoms. The normalized spacial score (nSPS) is 15.4. The molecule has 0 unspecified atom stereocenters. The highest BCUT2D eigenvalue weighted by atomic mass is 35.5. The molecule has 12 heteroatoms. The molecule has 2 amide bonds. The van der Waals surface area contributed by atoms with Crippen molar-refractivity contribution >= 4 is 57.8 Å². The van der Waals surface area contributed by atoms with E-state index in [0.29, 0.717) is 64.6 Å². The zero-order chi connectivity index (χ0) is 46.6. The molecule has 346 valence electrons. The Bertz CT molecular complexity index is 3240. The maximum absolute atomic E-state index is 13.7. The van der Waals surface area contributed by atoms with E-state index in [1.54, 1.807) is 48.1 Å². The highest BCUT2D eigenvalue weighted by Crippen LogP contribution is 2.49. The Labute approximate surface area is 400 Å². The molecular weight excluding hydrogens is 874 g/mol. The number of nitrogens with zero attached hydrogens (tertiary/aromatic N) is 3. The predicted molar refractivity (Wildman–Crippen MR) is 265 cm³/mol. The van der Waals surface area contributed by atoms with Gasteiger partial charge in [0.1, 0.15) is 30.3 Å². The number of carbonyl (C=O) groups excluding carboxylic acids is 4. The van der Waals surface area contributed by atoms with Gasteiger partial charge in [0, 0.05) is 105 Å². The van der Waals surface area contributed by atoms with E-state index in [0.717, 1.165) is 128 Å². The number of hydrogen-bond donors (Lipinski definition) is 2. The van der Waals surface area contributed by atoms with Crippen molar-refractivity contribution in [2.75, 3.05) is 51.3 Å². The van der Waals surface area contributed by atoms with E-state index in [9.17, 15) is 19.2 Å². The number of fused-ring (bicyclic) bond motifs is 5. The molecule has 6 heterocycles. The summed E-state index contributed by atoms with van der Waals surface area (Å²) in [4.78, 5) is 56.5. The zero-order valence-electron chi connectivity index (χ0n) is 38.7. The van der Waals surface area contributed by atoms with E-state index in [2.05, 4.69) is 32.2 Å². The number of anilines is 1. The maximum atomic E-state index is 13.7. The zero-order valence-corrected chi connectivity index (χ0v) is 39.5. The summed E-state index contributed by atoms with van der Waals surface area (Å²) in [6, 6.07) is 22.4. The van der Waals surface area contributed by atoms with Gasteiger partial charge in [0.25, 0.3) is 11.8 Å². The van der Waals surface area contributed by atoms with Gasteiger partial charge in [-0.15, -0.1) is 0 Å². The number of nitrogens with one attached hydrogen (secondary N) is 2. The average molecular weight is 930 g/mol. The Kier molecular flexibility index (Phi) is 11.6. The molecule has 1 aromatic heterocycles. The van der Waals surface area contributed by atoms with E-state index >= 15 is 0 Å². The molecule has 0 aliphatic carbocycles. The first-order valence-corrected chi connectivity index (χ1v) is 24.6. The molecule has 5 aromatic carbocycles. The lowest BCUT2D eigenvalue weighted by molar-refractivity contribution is -0.120. The van der Waals surface area contributed by atoms with Crippen LogP contribution in [0.1, 0.15) is 114 Å². The Morgan fingerprint density at radius 2 is 1.53 bits per heavy atom. The summed E-state index contributed by atoms with van der Waals surface area (Å²) in [6.45, 7) is 6.93. The van der Waals surface area contributed by atoms with Gasteiger partial charge >= 0.3 is 0 Å². The largest absolute Gasteiger partial charge is 0.497 e. The minimum absolute atomic E-state index is 0.0788. The lowest BCUT2D eigenvalue weighted by Crippen LogP contribution is -2.45. The van der Waals surface area contributed by atoms with E-state index in [1.165, 1.54) is 33.3 Å². The Morgan fingerprint density at radius 1 is 0.794 bits per heavy atom. The summed E-state index contributed by atoms with van der Waals surface area (Å²) in [5, 5.41) is 9.77. The van der Waals surface area contributed by atoms with Gasteiger partial charge in [0.2, 0.25) is 11.3 Å². The summed E-state index contributed by atoms with van der Waals surface area (Å²) in [5.74, 6) is 1.85. The van der Waals surface area contributed by atoms with E-state index in [-0.39, 0.29) is 24.1 Å². The fourth-order valence-electron chi connectivity index (χ4n) is 11.6. The van der Waals surface area contributed by atoms with Gasteiger partial charge in [-0.25, -0.2) is 4.58 Å². The fraction of sp³-hybridized carbons (Fsp3) is 0.339. The van der Waals surface area contributed by atoms with Crippen LogP contribution in [0.4, 0.5) is 5.69 Å². The predicted octanol–water partition coefficient (Wildman–Crippen LogP) is 7.42. The van der Waals surface area contributed by atoms with Crippen molar-refractivity contribution in [1.29, 1.82) is 0 Å². The SMILES string of the molecule is COc1ccc2c(c1)c(CC(=O)NCCCCNC(=O)c1ccc(C3=c4cc5c6c(c4Oc4c3cc3c7c4CCCN7CCC3)CCC[N+]=6CCC5)c(C=O)c1)c(C)n2C(=O)c1ccc(Cl)cc1. The molecule has 5 aliphatic heterocycles. The van der Waals surface area contributed by atoms with Crippen molar-refractivity contribution in [3.63, 3.8) is 0 Å². The number of hydrogen-bond acceptors (Lipinski definition) is 7. The van der Waals surface area contributed by atoms with Crippen LogP contribution in [0, 0.1) is 6.92 Å². The molecule has 2 N–H and O–H groups in total. The fourth-order valence-corrected chi connectivity index (χ4v) is 11.8. The number of aryl methyl sites for hydroxylation is 2. The van der Waals surface area contributed by atoms with Gasteiger partial charge in [0.15, 0.2) is 6.29 Å². The topological polar surface area (TPSA) is 122 Å². The molecule has 5 aliphatic rings. The first kappa shape index (κ1) is 43.8. The smallest absolute Gasteiger partial charge is 0.262 e. The van der Waals surface area contributed by atoms with Gasteiger partial charge in [-0.1, -0.05) is 17.7 Å². The van der Waals surface area contributed by atoms with Crippen LogP contribution in [0.2, 0.25) is 5.02 Å². The third kappa shape index (κ3) is 7.65. The van der Waals surface area contributed by atoms with Crippen LogP contribution in [0.15, 0.2) is 72.8 Å². The molecule has 0 atom stereocenters. The average Bonchev–Trinajstić information content (AvgIpc) is 3.63. The number of halogens is 1. The summed E-state index contributed by atoms with van der Waals surface area (Å²) >= 11 is 6.09. The van der Waals surface area contributed by atoms with Crippen LogP contribution in [-0.4, -0.2) is 75.0 Å². The van der Waals surface area contributed by atoms with Crippen LogP contribution in [-0.2, 0) is 36.9 Å². The number of unbranched alkanes of at least 4 members (excludes halogenated alkanes) is 1. The van der Waals surface area contributed by atoms with Crippen molar-refractivity contribution in [2.45, 2.75) is 77.6 Å². The highest BCUT2D eigenvalue weighted by Gasteiger charge is 2.36. The molecule has 6 aromatic rings. The lowest BCUT2D eigenvalue weighted by Gasteiger charge is -2.39. The van der Waals surface area contributed by atoms with Gasteiger partial charge in [-0.3, -0.25) is 23.7 Å². The molecular formula is C56H55ClN5O6+.